The highest BCUT2D eigenvalue weighted by atomic mass is 32.1. The van der Waals surface area contributed by atoms with Crippen molar-refractivity contribution in [2.24, 2.45) is 0 Å². The lowest BCUT2D eigenvalue weighted by Gasteiger charge is -2.19. The molecule has 1 aromatic heterocycles. The van der Waals surface area contributed by atoms with Crippen LogP contribution in [0.2, 0.25) is 0 Å². The molecule has 0 fully saturated rings. The second kappa shape index (κ2) is 5.14. The summed E-state index contributed by atoms with van der Waals surface area (Å²) >= 11 is 1.47. The molecule has 0 radical (unpaired) electrons. The van der Waals surface area contributed by atoms with Gasteiger partial charge in [0.25, 0.3) is 0 Å². The van der Waals surface area contributed by atoms with Crippen molar-refractivity contribution in [1.29, 1.82) is 0 Å². The van der Waals surface area contributed by atoms with Gasteiger partial charge in [-0.25, -0.2) is 4.79 Å². The summed E-state index contributed by atoms with van der Waals surface area (Å²) in [4.78, 5) is 26.5. The topological polar surface area (TPSA) is 43.4 Å². The van der Waals surface area contributed by atoms with E-state index in [4.69, 9.17) is 4.74 Å². The van der Waals surface area contributed by atoms with Crippen LogP contribution >= 0.6 is 11.3 Å². The van der Waals surface area contributed by atoms with Gasteiger partial charge in [0.1, 0.15) is 4.88 Å². The zero-order valence-electron chi connectivity index (χ0n) is 13.6. The number of carbonyl (C=O) groups excluding carboxylic acids is 2. The number of rotatable bonds is 1. The Morgan fingerprint density at radius 3 is 2.52 bits per heavy atom. The number of ether oxygens (including phenoxy) is 1. The Kier molecular flexibility index (Phi) is 3.00. The molecule has 0 saturated carbocycles. The fourth-order valence-corrected chi connectivity index (χ4v) is 5.14. The van der Waals surface area contributed by atoms with Gasteiger partial charge in [0.15, 0.2) is 5.78 Å². The van der Waals surface area contributed by atoms with Gasteiger partial charge in [-0.15, -0.1) is 11.3 Å². The molecule has 0 N–H and O–H groups in total. The third-order valence-corrected chi connectivity index (χ3v) is 6.24. The van der Waals surface area contributed by atoms with Gasteiger partial charge in [0.2, 0.25) is 0 Å². The Hall–Kier alpha value is -2.72. The number of fused-ring (bicyclic) bond motifs is 7. The van der Waals surface area contributed by atoms with Crippen molar-refractivity contribution in [2.75, 3.05) is 7.11 Å². The van der Waals surface area contributed by atoms with Crippen molar-refractivity contribution in [3.8, 4) is 21.6 Å². The number of thiophene rings is 1. The lowest BCUT2D eigenvalue weighted by molar-refractivity contribution is 0.0606. The molecule has 2 aliphatic rings. The molecule has 0 spiro atoms. The van der Waals surface area contributed by atoms with Crippen molar-refractivity contribution in [2.45, 2.75) is 12.8 Å². The van der Waals surface area contributed by atoms with Crippen LogP contribution in [0, 0.1) is 0 Å². The summed E-state index contributed by atoms with van der Waals surface area (Å²) < 4.78 is 4.89. The molecule has 2 aromatic carbocycles. The Morgan fingerprint density at radius 1 is 0.960 bits per heavy atom. The maximum Gasteiger partial charge on any atom is 0.348 e. The van der Waals surface area contributed by atoms with Crippen molar-refractivity contribution >= 4 is 23.1 Å². The van der Waals surface area contributed by atoms with Crippen LogP contribution in [0.15, 0.2) is 42.5 Å². The summed E-state index contributed by atoms with van der Waals surface area (Å²) in [5, 5.41) is 0. The van der Waals surface area contributed by atoms with Crippen LogP contribution in [0.5, 0.6) is 0 Å². The molecule has 4 heteroatoms. The van der Waals surface area contributed by atoms with E-state index in [1.165, 1.54) is 29.6 Å². The van der Waals surface area contributed by atoms with Crippen LogP contribution in [0.25, 0.3) is 21.6 Å². The summed E-state index contributed by atoms with van der Waals surface area (Å²) in [6.07, 6.45) is 1.83. The number of methoxy groups -OCH3 is 1. The molecule has 0 bridgehead atoms. The second-order valence-electron chi connectivity index (χ2n) is 6.35. The van der Waals surface area contributed by atoms with E-state index in [1.54, 1.807) is 0 Å². The Bertz CT molecular complexity index is 1070. The van der Waals surface area contributed by atoms with Crippen LogP contribution < -0.4 is 0 Å². The number of hydrogen-bond donors (Lipinski definition) is 0. The van der Waals surface area contributed by atoms with Crippen molar-refractivity contribution in [3.05, 3.63) is 69.6 Å². The molecule has 0 atom stereocenters. The summed E-state index contributed by atoms with van der Waals surface area (Å²) in [6.45, 7) is 0. The molecule has 3 nitrogen and oxygen atoms in total. The van der Waals surface area contributed by atoms with Gasteiger partial charge in [-0.05, 0) is 35.6 Å². The van der Waals surface area contributed by atoms with Crippen LogP contribution in [0.1, 0.15) is 36.7 Å². The second-order valence-corrected chi connectivity index (χ2v) is 7.41. The quantitative estimate of drug-likeness (QED) is 0.476. The Morgan fingerprint density at radius 2 is 1.72 bits per heavy atom. The lowest BCUT2D eigenvalue weighted by atomic mass is 9.85. The predicted octanol–water partition coefficient (Wildman–Crippen LogP) is 4.51. The zero-order chi connectivity index (χ0) is 17.1. The maximum atomic E-state index is 12.8. The number of aryl methyl sites for hydroxylation is 2. The van der Waals surface area contributed by atoms with Gasteiger partial charge in [0.05, 0.1) is 7.11 Å². The van der Waals surface area contributed by atoms with Gasteiger partial charge in [-0.3, -0.25) is 4.79 Å². The number of benzene rings is 2. The van der Waals surface area contributed by atoms with E-state index in [-0.39, 0.29) is 11.8 Å². The molecule has 25 heavy (non-hydrogen) atoms. The monoisotopic (exact) mass is 346 g/mol. The maximum absolute atomic E-state index is 12.8. The Labute approximate surface area is 148 Å². The predicted molar refractivity (Wildman–Crippen MR) is 97.4 cm³/mol. The highest BCUT2D eigenvalue weighted by Gasteiger charge is 2.33. The van der Waals surface area contributed by atoms with Gasteiger partial charge in [0, 0.05) is 27.1 Å². The third-order valence-electron chi connectivity index (χ3n) is 5.06. The van der Waals surface area contributed by atoms with Crippen LogP contribution in [-0.4, -0.2) is 18.9 Å². The molecule has 1 heterocycles. The SMILES string of the molecule is COC(=O)c1cc2c(s1)-c1c(ccc3c1-c1ccccc1C3=O)CC2. The average Bonchev–Trinajstić information content (AvgIpc) is 3.21. The standard InChI is InChI=1S/C21H14O3S/c1-24-21(23)16-10-12-7-6-11-8-9-15-18(17(11)20(12)25-16)13-4-2-3-5-14(13)19(15)22/h2-5,8-10H,6-7H2,1H3. The molecular formula is C21H14O3S. The molecular weight excluding hydrogens is 332 g/mol. The van der Waals surface area contributed by atoms with Crippen molar-refractivity contribution in [1.82, 2.24) is 0 Å². The normalized spacial score (nSPS) is 13.7. The van der Waals surface area contributed by atoms with Gasteiger partial charge >= 0.3 is 5.97 Å². The van der Waals surface area contributed by atoms with Crippen molar-refractivity contribution in [3.63, 3.8) is 0 Å². The number of esters is 1. The van der Waals surface area contributed by atoms with E-state index in [9.17, 15) is 9.59 Å². The lowest BCUT2D eigenvalue weighted by Crippen LogP contribution is -2.04. The first-order chi connectivity index (χ1) is 12.2. The van der Waals surface area contributed by atoms with E-state index in [1.807, 2.05) is 36.4 Å². The van der Waals surface area contributed by atoms with Gasteiger partial charge < -0.3 is 4.74 Å². The summed E-state index contributed by atoms with van der Waals surface area (Å²) in [7, 11) is 1.40. The highest BCUT2D eigenvalue weighted by molar-refractivity contribution is 7.17. The van der Waals surface area contributed by atoms with E-state index < -0.39 is 0 Å². The average molecular weight is 346 g/mol. The van der Waals surface area contributed by atoms with Crippen LogP contribution in [0.4, 0.5) is 0 Å². The molecule has 0 aliphatic heterocycles. The number of ketones is 1. The van der Waals surface area contributed by atoms with Crippen LogP contribution in [0.3, 0.4) is 0 Å². The first-order valence-corrected chi connectivity index (χ1v) is 9.02. The molecule has 0 saturated heterocycles. The number of carbonyl (C=O) groups is 2. The molecule has 5 rings (SSSR count). The summed E-state index contributed by atoms with van der Waals surface area (Å²) in [5.41, 5.74) is 7.09. The van der Waals surface area contributed by atoms with E-state index >= 15 is 0 Å². The Balaban J connectivity index is 1.82. The zero-order valence-corrected chi connectivity index (χ0v) is 14.4. The summed E-state index contributed by atoms with van der Waals surface area (Å²) in [6, 6.07) is 13.7. The van der Waals surface area contributed by atoms with Gasteiger partial charge in [-0.1, -0.05) is 36.4 Å². The first kappa shape index (κ1) is 14.6. The molecule has 3 aromatic rings. The molecule has 0 amide bonds. The fraction of sp³-hybridized carbons (Fsp3) is 0.143. The largest absolute Gasteiger partial charge is 0.465 e. The fourth-order valence-electron chi connectivity index (χ4n) is 3.92. The van der Waals surface area contributed by atoms with Crippen LogP contribution in [-0.2, 0) is 17.6 Å². The minimum atomic E-state index is -0.301. The minimum absolute atomic E-state index is 0.0882. The number of hydrogen-bond acceptors (Lipinski definition) is 4. The van der Waals surface area contributed by atoms with E-state index in [0.29, 0.717) is 4.88 Å². The van der Waals surface area contributed by atoms with E-state index in [0.717, 1.165) is 45.5 Å². The smallest absolute Gasteiger partial charge is 0.348 e. The van der Waals surface area contributed by atoms with Crippen molar-refractivity contribution < 1.29 is 14.3 Å². The molecule has 122 valence electrons. The highest BCUT2D eigenvalue weighted by Crippen LogP contribution is 2.49. The molecule has 0 unspecified atom stereocenters. The van der Waals surface area contributed by atoms with Gasteiger partial charge in [-0.2, -0.15) is 0 Å². The minimum Gasteiger partial charge on any atom is -0.465 e. The third kappa shape index (κ3) is 1.91. The van der Waals surface area contributed by atoms with E-state index in [2.05, 4.69) is 6.07 Å². The summed E-state index contributed by atoms with van der Waals surface area (Å²) in [5.74, 6) is -0.213. The first-order valence-electron chi connectivity index (χ1n) is 8.20. The molecule has 2 aliphatic carbocycles.